The Hall–Kier alpha value is -0.0905. The number of aliphatic carboxylic acids is 1. The Kier molecular flexibility index (Phi) is 6.17. The number of carbonyl (C=O) groups is 1. The standard InChI is InChI=1S/C4H9NO3.Cu/c1-2(6)3(5)4(7)8;/h2-3,6H,5H2,1H3,(H,7,8);/t2-,3+;/m1./s1. The average molecular weight is 183 g/mol. The summed E-state index contributed by atoms with van der Waals surface area (Å²) in [5.41, 5.74) is 4.91. The minimum atomic E-state index is -1.18. The van der Waals surface area contributed by atoms with Crippen LogP contribution in [0.1, 0.15) is 6.92 Å². The maximum absolute atomic E-state index is 9.86. The molecule has 0 bridgehead atoms. The monoisotopic (exact) mass is 182 g/mol. The summed E-state index contributed by atoms with van der Waals surface area (Å²) in [6, 6.07) is -1.16. The molecule has 0 saturated heterocycles. The molecule has 0 heterocycles. The number of aliphatic hydroxyl groups excluding tert-OH is 1. The van der Waals surface area contributed by atoms with E-state index in [1.54, 1.807) is 0 Å². The number of hydrogen-bond donors (Lipinski definition) is 3. The number of rotatable bonds is 2. The average Bonchev–Trinajstić information content (AvgIpc) is 1.64. The summed E-state index contributed by atoms with van der Waals surface area (Å²) in [5, 5.41) is 16.6. The SMILES string of the molecule is C[C@@H](O)[C@H](N)C(=O)O.[Cu]. The van der Waals surface area contributed by atoms with Gasteiger partial charge in [0.1, 0.15) is 6.04 Å². The van der Waals surface area contributed by atoms with Crippen LogP contribution in [0.25, 0.3) is 0 Å². The van der Waals surface area contributed by atoms with E-state index in [9.17, 15) is 4.79 Å². The normalized spacial score (nSPS) is 15.4. The van der Waals surface area contributed by atoms with Gasteiger partial charge in [-0.3, -0.25) is 4.79 Å². The van der Waals surface area contributed by atoms with E-state index >= 15 is 0 Å². The summed E-state index contributed by atoms with van der Waals surface area (Å²) < 4.78 is 0. The maximum atomic E-state index is 9.86. The molecule has 59 valence electrons. The number of carboxylic acid groups (broad SMARTS) is 1. The number of hydrogen-bond acceptors (Lipinski definition) is 3. The second-order valence-corrected chi connectivity index (χ2v) is 1.60. The second kappa shape index (κ2) is 4.76. The van der Waals surface area contributed by atoms with Crippen LogP contribution in [0, 0.1) is 0 Å². The fourth-order valence-corrected chi connectivity index (χ4v) is 0.206. The summed E-state index contributed by atoms with van der Waals surface area (Å²) in [5.74, 6) is -1.18. The van der Waals surface area contributed by atoms with Crippen molar-refractivity contribution in [3.05, 3.63) is 0 Å². The van der Waals surface area contributed by atoms with Crippen molar-refractivity contribution in [2.24, 2.45) is 5.73 Å². The van der Waals surface area contributed by atoms with Gasteiger partial charge >= 0.3 is 5.97 Å². The fraction of sp³-hybridized carbons (Fsp3) is 0.750. The van der Waals surface area contributed by atoms with Gasteiger partial charge in [-0.2, -0.15) is 0 Å². The van der Waals surface area contributed by atoms with Crippen LogP contribution in [-0.2, 0) is 21.9 Å². The van der Waals surface area contributed by atoms with Gasteiger partial charge in [-0.05, 0) is 6.92 Å². The third-order valence-corrected chi connectivity index (χ3v) is 0.805. The molecule has 0 aliphatic heterocycles. The molecule has 0 aromatic carbocycles. The Morgan fingerprint density at radius 1 is 1.67 bits per heavy atom. The predicted molar refractivity (Wildman–Crippen MR) is 27.3 cm³/mol. The van der Waals surface area contributed by atoms with Gasteiger partial charge in [-0.1, -0.05) is 0 Å². The Morgan fingerprint density at radius 3 is 2.00 bits per heavy atom. The van der Waals surface area contributed by atoms with E-state index in [0.29, 0.717) is 0 Å². The molecule has 1 radical (unpaired) electrons. The van der Waals surface area contributed by atoms with Crippen molar-refractivity contribution in [3.8, 4) is 0 Å². The zero-order valence-corrected chi connectivity index (χ0v) is 5.78. The van der Waals surface area contributed by atoms with Crippen molar-refractivity contribution in [3.63, 3.8) is 0 Å². The Labute approximate surface area is 63.5 Å². The van der Waals surface area contributed by atoms with E-state index in [1.807, 2.05) is 0 Å². The molecule has 0 amide bonds. The van der Waals surface area contributed by atoms with E-state index in [-0.39, 0.29) is 17.1 Å². The second-order valence-electron chi connectivity index (χ2n) is 1.60. The van der Waals surface area contributed by atoms with E-state index in [0.717, 1.165) is 0 Å². The molecule has 5 heteroatoms. The first kappa shape index (κ1) is 11.7. The molecule has 0 spiro atoms. The quantitative estimate of drug-likeness (QED) is 0.468. The summed E-state index contributed by atoms with van der Waals surface area (Å²) >= 11 is 0. The van der Waals surface area contributed by atoms with Gasteiger partial charge in [-0.25, -0.2) is 0 Å². The van der Waals surface area contributed by atoms with E-state index in [2.05, 4.69) is 0 Å². The van der Waals surface area contributed by atoms with Gasteiger partial charge in [0.15, 0.2) is 0 Å². The van der Waals surface area contributed by atoms with Crippen LogP contribution in [0.3, 0.4) is 0 Å². The molecule has 0 aromatic heterocycles. The predicted octanol–water partition coefficient (Wildman–Crippen LogP) is -1.22. The van der Waals surface area contributed by atoms with Crippen molar-refractivity contribution < 1.29 is 32.1 Å². The van der Waals surface area contributed by atoms with Crippen LogP contribution < -0.4 is 5.73 Å². The molecule has 2 atom stereocenters. The number of aliphatic hydroxyl groups is 1. The van der Waals surface area contributed by atoms with Crippen molar-refractivity contribution >= 4 is 5.97 Å². The van der Waals surface area contributed by atoms with Gasteiger partial charge in [-0.15, -0.1) is 0 Å². The zero-order chi connectivity index (χ0) is 6.73. The molecule has 9 heavy (non-hydrogen) atoms. The summed E-state index contributed by atoms with van der Waals surface area (Å²) in [4.78, 5) is 9.86. The number of nitrogens with two attached hydrogens (primary N) is 1. The molecule has 0 aliphatic carbocycles. The third kappa shape index (κ3) is 4.42. The van der Waals surface area contributed by atoms with Crippen LogP contribution in [-0.4, -0.2) is 28.3 Å². The molecular weight excluding hydrogens is 174 g/mol. The molecule has 0 fully saturated rings. The summed E-state index contributed by atoms with van der Waals surface area (Å²) in [6.07, 6.45) is -0.979. The summed E-state index contributed by atoms with van der Waals surface area (Å²) in [6.45, 7) is 1.33. The molecule has 0 rings (SSSR count). The molecular formula is C4H9CuNO3. The van der Waals surface area contributed by atoms with Crippen molar-refractivity contribution in [1.29, 1.82) is 0 Å². The van der Waals surface area contributed by atoms with Crippen LogP contribution >= 0.6 is 0 Å². The molecule has 4 N–H and O–H groups in total. The molecule has 4 nitrogen and oxygen atoms in total. The Balaban J connectivity index is 0. The first-order valence-electron chi connectivity index (χ1n) is 2.22. The van der Waals surface area contributed by atoms with E-state index in [4.69, 9.17) is 15.9 Å². The van der Waals surface area contributed by atoms with Crippen molar-refractivity contribution in [2.75, 3.05) is 0 Å². The van der Waals surface area contributed by atoms with Crippen molar-refractivity contribution in [1.82, 2.24) is 0 Å². The Bertz CT molecular complexity index is 95.8. The van der Waals surface area contributed by atoms with Crippen LogP contribution in [0.2, 0.25) is 0 Å². The van der Waals surface area contributed by atoms with Crippen LogP contribution in [0.15, 0.2) is 0 Å². The first-order valence-corrected chi connectivity index (χ1v) is 2.22. The first-order chi connectivity index (χ1) is 3.55. The fourth-order valence-electron chi connectivity index (χ4n) is 0.206. The van der Waals surface area contributed by atoms with Crippen molar-refractivity contribution in [2.45, 2.75) is 19.1 Å². The summed E-state index contributed by atoms with van der Waals surface area (Å²) in [7, 11) is 0. The molecule has 0 aliphatic rings. The van der Waals surface area contributed by atoms with Gasteiger partial charge in [0.05, 0.1) is 6.10 Å². The van der Waals surface area contributed by atoms with E-state index in [1.165, 1.54) is 6.92 Å². The van der Waals surface area contributed by atoms with Crippen LogP contribution in [0.5, 0.6) is 0 Å². The largest absolute Gasteiger partial charge is 0.480 e. The minimum Gasteiger partial charge on any atom is -0.480 e. The third-order valence-electron chi connectivity index (χ3n) is 0.805. The maximum Gasteiger partial charge on any atom is 0.323 e. The van der Waals surface area contributed by atoms with Gasteiger partial charge in [0, 0.05) is 17.1 Å². The van der Waals surface area contributed by atoms with Crippen LogP contribution in [0.4, 0.5) is 0 Å². The molecule has 0 unspecified atom stereocenters. The Morgan fingerprint density at radius 2 is 2.00 bits per heavy atom. The smallest absolute Gasteiger partial charge is 0.323 e. The zero-order valence-electron chi connectivity index (χ0n) is 4.84. The number of carboxylic acids is 1. The molecule has 0 aromatic rings. The molecule has 0 saturated carbocycles. The van der Waals surface area contributed by atoms with E-state index < -0.39 is 18.1 Å². The van der Waals surface area contributed by atoms with Gasteiger partial charge in [0.2, 0.25) is 0 Å². The van der Waals surface area contributed by atoms with Gasteiger partial charge in [0.25, 0.3) is 0 Å². The minimum absolute atomic E-state index is 0. The van der Waals surface area contributed by atoms with Gasteiger partial charge < -0.3 is 15.9 Å². The topological polar surface area (TPSA) is 83.5 Å².